The smallest absolute Gasteiger partial charge is 0.257 e. The van der Waals surface area contributed by atoms with Crippen molar-refractivity contribution in [1.29, 1.82) is 0 Å². The Morgan fingerprint density at radius 3 is 2.52 bits per heavy atom. The summed E-state index contributed by atoms with van der Waals surface area (Å²) in [4.78, 5) is 16.9. The molecule has 0 spiro atoms. The number of anilines is 2. The van der Waals surface area contributed by atoms with Crippen LogP contribution in [-0.2, 0) is 0 Å². The fraction of sp³-hybridized carbons (Fsp3) is 0.182. The normalized spacial score (nSPS) is 10.3. The molecule has 0 aliphatic heterocycles. The van der Waals surface area contributed by atoms with Crippen molar-refractivity contribution in [3.05, 3.63) is 78.5 Å². The number of benzene rings is 2. The molecule has 0 aliphatic carbocycles. The third-order valence-corrected chi connectivity index (χ3v) is 3.97. The molecule has 0 fully saturated rings. The SMILES string of the molecule is CCCCNc1ccc(C(=O)Nc2ccccc2Oc2ccccc2)cn1. The largest absolute Gasteiger partial charge is 0.455 e. The number of unbranched alkanes of at least 4 members (excludes halogenated alkanes) is 1. The van der Waals surface area contributed by atoms with Crippen molar-refractivity contribution in [1.82, 2.24) is 4.98 Å². The lowest BCUT2D eigenvalue weighted by atomic mass is 10.2. The topological polar surface area (TPSA) is 63.2 Å². The van der Waals surface area contributed by atoms with Crippen LogP contribution >= 0.6 is 0 Å². The van der Waals surface area contributed by atoms with E-state index in [9.17, 15) is 4.79 Å². The maximum atomic E-state index is 12.6. The van der Waals surface area contributed by atoms with Crippen LogP contribution in [0.2, 0.25) is 0 Å². The highest BCUT2D eigenvalue weighted by atomic mass is 16.5. The zero-order valence-corrected chi connectivity index (χ0v) is 15.3. The summed E-state index contributed by atoms with van der Waals surface area (Å²) in [6.45, 7) is 3.02. The van der Waals surface area contributed by atoms with Crippen LogP contribution in [0.25, 0.3) is 0 Å². The van der Waals surface area contributed by atoms with Gasteiger partial charge in [-0.1, -0.05) is 43.7 Å². The fourth-order valence-electron chi connectivity index (χ4n) is 2.49. The molecule has 27 heavy (non-hydrogen) atoms. The minimum atomic E-state index is -0.230. The van der Waals surface area contributed by atoms with Gasteiger partial charge >= 0.3 is 0 Å². The number of nitrogens with one attached hydrogen (secondary N) is 2. The number of carbonyl (C=O) groups is 1. The molecule has 0 saturated heterocycles. The van der Waals surface area contributed by atoms with Crippen LogP contribution in [-0.4, -0.2) is 17.4 Å². The number of pyridine rings is 1. The summed E-state index contributed by atoms with van der Waals surface area (Å²) in [6.07, 6.45) is 3.78. The number of hydrogen-bond acceptors (Lipinski definition) is 4. The van der Waals surface area contributed by atoms with E-state index >= 15 is 0 Å². The van der Waals surface area contributed by atoms with Crippen LogP contribution in [0.5, 0.6) is 11.5 Å². The van der Waals surface area contributed by atoms with E-state index in [0.717, 1.165) is 25.2 Å². The van der Waals surface area contributed by atoms with Crippen LogP contribution in [0.4, 0.5) is 11.5 Å². The maximum Gasteiger partial charge on any atom is 0.257 e. The molecule has 1 heterocycles. The Balaban J connectivity index is 1.67. The Morgan fingerprint density at radius 2 is 1.78 bits per heavy atom. The number of para-hydroxylation sites is 3. The van der Waals surface area contributed by atoms with Gasteiger partial charge in [0.25, 0.3) is 5.91 Å². The van der Waals surface area contributed by atoms with Gasteiger partial charge in [-0.05, 0) is 42.8 Å². The summed E-state index contributed by atoms with van der Waals surface area (Å²) in [5.41, 5.74) is 1.10. The van der Waals surface area contributed by atoms with Gasteiger partial charge in [0.2, 0.25) is 0 Å². The van der Waals surface area contributed by atoms with Gasteiger partial charge in [0.05, 0.1) is 11.3 Å². The molecule has 0 unspecified atom stereocenters. The molecule has 5 nitrogen and oxygen atoms in total. The number of carbonyl (C=O) groups excluding carboxylic acids is 1. The molecule has 2 aromatic carbocycles. The summed E-state index contributed by atoms with van der Waals surface area (Å²) < 4.78 is 5.88. The number of hydrogen-bond donors (Lipinski definition) is 2. The second-order valence-electron chi connectivity index (χ2n) is 6.08. The van der Waals surface area contributed by atoms with E-state index in [0.29, 0.717) is 22.7 Å². The summed E-state index contributed by atoms with van der Waals surface area (Å²) in [5.74, 6) is 1.84. The molecule has 1 aromatic heterocycles. The first-order valence-electron chi connectivity index (χ1n) is 9.09. The van der Waals surface area contributed by atoms with Gasteiger partial charge in [-0.25, -0.2) is 4.98 Å². The zero-order valence-electron chi connectivity index (χ0n) is 15.3. The van der Waals surface area contributed by atoms with Crippen LogP contribution in [0.3, 0.4) is 0 Å². The van der Waals surface area contributed by atoms with Crippen LogP contribution in [0.1, 0.15) is 30.1 Å². The average Bonchev–Trinajstić information content (AvgIpc) is 2.71. The van der Waals surface area contributed by atoms with Gasteiger partial charge in [0, 0.05) is 12.7 Å². The van der Waals surface area contributed by atoms with Crippen LogP contribution in [0, 0.1) is 0 Å². The Bertz CT molecular complexity index is 864. The molecule has 5 heteroatoms. The van der Waals surface area contributed by atoms with Crippen LogP contribution < -0.4 is 15.4 Å². The number of nitrogens with zero attached hydrogens (tertiary/aromatic N) is 1. The molecule has 1 amide bonds. The Hall–Kier alpha value is -3.34. The van der Waals surface area contributed by atoms with E-state index in [1.807, 2.05) is 60.7 Å². The van der Waals surface area contributed by atoms with E-state index in [4.69, 9.17) is 4.74 Å². The number of amides is 1. The highest BCUT2D eigenvalue weighted by Gasteiger charge is 2.11. The van der Waals surface area contributed by atoms with Crippen molar-refractivity contribution >= 4 is 17.4 Å². The first kappa shape index (κ1) is 18.5. The van der Waals surface area contributed by atoms with Gasteiger partial charge in [0.15, 0.2) is 5.75 Å². The highest BCUT2D eigenvalue weighted by Crippen LogP contribution is 2.29. The second-order valence-corrected chi connectivity index (χ2v) is 6.08. The quantitative estimate of drug-likeness (QED) is 0.532. The molecule has 0 atom stereocenters. The number of aromatic nitrogens is 1. The van der Waals surface area contributed by atoms with Crippen molar-refractivity contribution in [2.24, 2.45) is 0 Å². The van der Waals surface area contributed by atoms with E-state index in [1.165, 1.54) is 0 Å². The Morgan fingerprint density at radius 1 is 1.00 bits per heavy atom. The van der Waals surface area contributed by atoms with E-state index in [-0.39, 0.29) is 5.91 Å². The van der Waals surface area contributed by atoms with E-state index in [1.54, 1.807) is 12.3 Å². The monoisotopic (exact) mass is 361 g/mol. The molecule has 0 radical (unpaired) electrons. The van der Waals surface area contributed by atoms with Gasteiger partial charge in [-0.15, -0.1) is 0 Å². The summed E-state index contributed by atoms with van der Waals surface area (Å²) in [6, 6.07) is 20.4. The first-order valence-corrected chi connectivity index (χ1v) is 9.09. The predicted molar refractivity (Wildman–Crippen MR) is 109 cm³/mol. The zero-order chi connectivity index (χ0) is 18.9. The van der Waals surface area contributed by atoms with Gasteiger partial charge in [-0.3, -0.25) is 4.79 Å². The summed E-state index contributed by atoms with van der Waals surface area (Å²) in [5, 5.41) is 6.13. The van der Waals surface area contributed by atoms with Crippen molar-refractivity contribution in [2.75, 3.05) is 17.2 Å². The lowest BCUT2D eigenvalue weighted by molar-refractivity contribution is 0.102. The lowest BCUT2D eigenvalue weighted by Crippen LogP contribution is -2.13. The molecule has 138 valence electrons. The highest BCUT2D eigenvalue weighted by molar-refractivity contribution is 6.04. The van der Waals surface area contributed by atoms with Gasteiger partial charge in [-0.2, -0.15) is 0 Å². The minimum absolute atomic E-state index is 0.230. The molecule has 2 N–H and O–H groups in total. The Labute approximate surface area is 159 Å². The van der Waals surface area contributed by atoms with E-state index < -0.39 is 0 Å². The van der Waals surface area contributed by atoms with Crippen molar-refractivity contribution < 1.29 is 9.53 Å². The minimum Gasteiger partial charge on any atom is -0.455 e. The molecule has 3 rings (SSSR count). The second kappa shape index (κ2) is 9.38. The third kappa shape index (κ3) is 5.31. The average molecular weight is 361 g/mol. The molecule has 0 saturated carbocycles. The third-order valence-electron chi connectivity index (χ3n) is 3.97. The molecule has 0 aliphatic rings. The van der Waals surface area contributed by atoms with Gasteiger partial charge < -0.3 is 15.4 Å². The molecule has 0 bridgehead atoms. The molecular formula is C22H23N3O2. The molecular weight excluding hydrogens is 338 g/mol. The van der Waals surface area contributed by atoms with Crippen molar-refractivity contribution in [3.63, 3.8) is 0 Å². The Kier molecular flexibility index (Phi) is 6.41. The maximum absolute atomic E-state index is 12.6. The summed E-state index contributed by atoms with van der Waals surface area (Å²) in [7, 11) is 0. The fourth-order valence-corrected chi connectivity index (χ4v) is 2.49. The standard InChI is InChI=1S/C22H23N3O2/c1-2-3-15-23-21-14-13-17(16-24-21)22(26)25-19-11-7-8-12-20(19)27-18-9-5-4-6-10-18/h4-14,16H,2-3,15H2,1H3,(H,23,24)(H,25,26). The first-order chi connectivity index (χ1) is 13.3. The van der Waals surface area contributed by atoms with Gasteiger partial charge in [0.1, 0.15) is 11.6 Å². The van der Waals surface area contributed by atoms with Crippen molar-refractivity contribution in [2.45, 2.75) is 19.8 Å². The lowest BCUT2D eigenvalue weighted by Gasteiger charge is -2.12. The van der Waals surface area contributed by atoms with E-state index in [2.05, 4.69) is 22.5 Å². The molecule has 3 aromatic rings. The predicted octanol–water partition coefficient (Wildman–Crippen LogP) is 5.34. The number of rotatable bonds is 8. The number of ether oxygens (including phenoxy) is 1. The van der Waals surface area contributed by atoms with Crippen LogP contribution in [0.15, 0.2) is 72.9 Å². The van der Waals surface area contributed by atoms with Crippen molar-refractivity contribution in [3.8, 4) is 11.5 Å². The summed E-state index contributed by atoms with van der Waals surface area (Å²) >= 11 is 0.